The second-order valence-corrected chi connectivity index (χ2v) is 3.02. The maximum atomic E-state index is 5.35. The van der Waals surface area contributed by atoms with Gasteiger partial charge in [-0.1, -0.05) is 11.8 Å². The van der Waals surface area contributed by atoms with E-state index < -0.39 is 0 Å². The number of ether oxygens (including phenoxy) is 1. The van der Waals surface area contributed by atoms with Crippen molar-refractivity contribution in [1.29, 1.82) is 0 Å². The van der Waals surface area contributed by atoms with Gasteiger partial charge in [0, 0.05) is 18.5 Å². The van der Waals surface area contributed by atoms with Gasteiger partial charge in [-0.25, -0.2) is 0 Å². The molecule has 14 heavy (non-hydrogen) atoms. The van der Waals surface area contributed by atoms with E-state index >= 15 is 0 Å². The molecule has 0 amide bonds. The topological polar surface area (TPSA) is 35.2 Å². The number of nitrogens with two attached hydrogens (primary N) is 1. The molecule has 0 radical (unpaired) electrons. The molecule has 0 aromatic heterocycles. The third-order valence-electron chi connectivity index (χ3n) is 1.90. The second-order valence-electron chi connectivity index (χ2n) is 3.02. The minimum Gasteiger partial charge on any atom is -0.496 e. The molecule has 2 nitrogen and oxygen atoms in total. The molecule has 1 aromatic rings. The van der Waals surface area contributed by atoms with Crippen molar-refractivity contribution in [2.24, 2.45) is 5.73 Å². The molecule has 0 fully saturated rings. The molecule has 0 heterocycles. The fraction of sp³-hybridized carbons (Fsp3) is 0.333. The summed E-state index contributed by atoms with van der Waals surface area (Å²) in [6.45, 7) is 2.62. The normalized spacial score (nSPS) is 9.07. The Hall–Kier alpha value is -1.46. The van der Waals surface area contributed by atoms with Gasteiger partial charge in [-0.05, 0) is 30.7 Å². The molecule has 0 atom stereocenters. The third kappa shape index (κ3) is 2.79. The van der Waals surface area contributed by atoms with Crippen molar-refractivity contribution in [3.63, 3.8) is 0 Å². The van der Waals surface area contributed by atoms with Crippen LogP contribution in [0.15, 0.2) is 18.2 Å². The maximum absolute atomic E-state index is 5.35. The van der Waals surface area contributed by atoms with Gasteiger partial charge in [0.2, 0.25) is 0 Å². The van der Waals surface area contributed by atoms with Crippen molar-refractivity contribution >= 4 is 0 Å². The van der Waals surface area contributed by atoms with E-state index in [9.17, 15) is 0 Å². The summed E-state index contributed by atoms with van der Waals surface area (Å²) in [5.41, 5.74) is 7.46. The van der Waals surface area contributed by atoms with Gasteiger partial charge in [0.05, 0.1) is 7.11 Å². The first-order chi connectivity index (χ1) is 6.77. The van der Waals surface area contributed by atoms with E-state index in [1.807, 2.05) is 25.1 Å². The van der Waals surface area contributed by atoms with E-state index in [1.54, 1.807) is 7.11 Å². The van der Waals surface area contributed by atoms with Crippen LogP contribution in [0.3, 0.4) is 0 Å². The van der Waals surface area contributed by atoms with E-state index in [0.717, 1.165) is 23.3 Å². The molecule has 74 valence electrons. The predicted octanol–water partition coefficient (Wildman–Crippen LogP) is 1.70. The number of hydrogen-bond donors (Lipinski definition) is 1. The molecule has 0 bridgehead atoms. The standard InChI is InChI=1S/C12H15NO/c1-10-9-11(5-3-4-8-13)6-7-12(10)14-2/h6-7,9H,4,8,13H2,1-2H3. The molecule has 2 N–H and O–H groups in total. The minimum absolute atomic E-state index is 0.613. The van der Waals surface area contributed by atoms with Crippen LogP contribution in [0.2, 0.25) is 0 Å². The number of aryl methyl sites for hydroxylation is 1. The summed E-state index contributed by atoms with van der Waals surface area (Å²) < 4.78 is 5.16. The summed E-state index contributed by atoms with van der Waals surface area (Å²) in [6.07, 6.45) is 0.741. The summed E-state index contributed by atoms with van der Waals surface area (Å²) >= 11 is 0. The van der Waals surface area contributed by atoms with Gasteiger partial charge < -0.3 is 10.5 Å². The van der Waals surface area contributed by atoms with Gasteiger partial charge in [0.15, 0.2) is 0 Å². The molecular weight excluding hydrogens is 174 g/mol. The minimum atomic E-state index is 0.613. The average molecular weight is 189 g/mol. The summed E-state index contributed by atoms with van der Waals surface area (Å²) in [5.74, 6) is 6.95. The van der Waals surface area contributed by atoms with Crippen molar-refractivity contribution in [3.05, 3.63) is 29.3 Å². The van der Waals surface area contributed by atoms with E-state index in [-0.39, 0.29) is 0 Å². The molecule has 1 rings (SSSR count). The number of rotatable bonds is 2. The first-order valence-electron chi connectivity index (χ1n) is 4.61. The van der Waals surface area contributed by atoms with E-state index in [1.165, 1.54) is 0 Å². The van der Waals surface area contributed by atoms with Gasteiger partial charge in [0.25, 0.3) is 0 Å². The van der Waals surface area contributed by atoms with Gasteiger partial charge in [0.1, 0.15) is 5.75 Å². The average Bonchev–Trinajstić information content (AvgIpc) is 2.18. The molecule has 0 saturated heterocycles. The zero-order valence-corrected chi connectivity index (χ0v) is 8.63. The van der Waals surface area contributed by atoms with Crippen LogP contribution in [0.5, 0.6) is 5.75 Å². The Morgan fingerprint density at radius 1 is 1.43 bits per heavy atom. The van der Waals surface area contributed by atoms with Gasteiger partial charge in [-0.15, -0.1) is 0 Å². The molecule has 0 saturated carbocycles. The lowest BCUT2D eigenvalue weighted by Gasteiger charge is -2.03. The van der Waals surface area contributed by atoms with Gasteiger partial charge in [-0.3, -0.25) is 0 Å². The highest BCUT2D eigenvalue weighted by molar-refractivity contribution is 5.43. The molecule has 0 aliphatic carbocycles. The van der Waals surface area contributed by atoms with Crippen LogP contribution in [0, 0.1) is 18.8 Å². The largest absolute Gasteiger partial charge is 0.496 e. The quantitative estimate of drug-likeness (QED) is 0.719. The summed E-state index contributed by atoms with van der Waals surface area (Å²) in [5, 5.41) is 0. The van der Waals surface area contributed by atoms with Crippen LogP contribution in [-0.4, -0.2) is 13.7 Å². The molecular formula is C12H15NO. The SMILES string of the molecule is COc1ccc(C#CCCN)cc1C. The van der Waals surface area contributed by atoms with Crippen LogP contribution in [0.25, 0.3) is 0 Å². The molecule has 0 spiro atoms. The highest BCUT2D eigenvalue weighted by atomic mass is 16.5. The summed E-state index contributed by atoms with van der Waals surface area (Å²) in [4.78, 5) is 0. The van der Waals surface area contributed by atoms with Crippen LogP contribution >= 0.6 is 0 Å². The highest BCUT2D eigenvalue weighted by Gasteiger charge is 1.96. The molecule has 0 unspecified atom stereocenters. The van der Waals surface area contributed by atoms with Crippen LogP contribution < -0.4 is 10.5 Å². The van der Waals surface area contributed by atoms with Crippen molar-refractivity contribution in [1.82, 2.24) is 0 Å². The molecule has 2 heteroatoms. The number of benzene rings is 1. The first kappa shape index (κ1) is 10.6. The van der Waals surface area contributed by atoms with Crippen LogP contribution in [0.1, 0.15) is 17.5 Å². The van der Waals surface area contributed by atoms with Crippen molar-refractivity contribution in [2.75, 3.05) is 13.7 Å². The Bertz CT molecular complexity index is 360. The monoisotopic (exact) mass is 189 g/mol. The summed E-state index contributed by atoms with van der Waals surface area (Å²) in [7, 11) is 1.67. The lowest BCUT2D eigenvalue weighted by molar-refractivity contribution is 0.411. The second kappa shape index (κ2) is 5.31. The molecule has 0 aliphatic rings. The van der Waals surface area contributed by atoms with Crippen molar-refractivity contribution in [3.8, 4) is 17.6 Å². The van der Waals surface area contributed by atoms with Crippen LogP contribution in [0.4, 0.5) is 0 Å². The number of hydrogen-bond acceptors (Lipinski definition) is 2. The molecule has 0 aliphatic heterocycles. The van der Waals surface area contributed by atoms with E-state index in [2.05, 4.69) is 11.8 Å². The van der Waals surface area contributed by atoms with Gasteiger partial charge >= 0.3 is 0 Å². The van der Waals surface area contributed by atoms with Crippen molar-refractivity contribution in [2.45, 2.75) is 13.3 Å². The smallest absolute Gasteiger partial charge is 0.121 e. The Labute approximate surface area is 85.1 Å². The fourth-order valence-corrected chi connectivity index (χ4v) is 1.19. The zero-order chi connectivity index (χ0) is 10.4. The Morgan fingerprint density at radius 3 is 2.79 bits per heavy atom. The lowest BCUT2D eigenvalue weighted by atomic mass is 10.1. The summed E-state index contributed by atoms with van der Waals surface area (Å²) in [6, 6.07) is 5.90. The van der Waals surface area contributed by atoms with E-state index in [0.29, 0.717) is 6.54 Å². The Balaban J connectivity index is 2.82. The number of methoxy groups -OCH3 is 1. The first-order valence-corrected chi connectivity index (χ1v) is 4.61. The van der Waals surface area contributed by atoms with Crippen LogP contribution in [-0.2, 0) is 0 Å². The fourth-order valence-electron chi connectivity index (χ4n) is 1.19. The third-order valence-corrected chi connectivity index (χ3v) is 1.90. The van der Waals surface area contributed by atoms with Crippen molar-refractivity contribution < 1.29 is 4.74 Å². The highest BCUT2D eigenvalue weighted by Crippen LogP contribution is 2.17. The lowest BCUT2D eigenvalue weighted by Crippen LogP contribution is -1.95. The maximum Gasteiger partial charge on any atom is 0.121 e. The predicted molar refractivity (Wildman–Crippen MR) is 58.3 cm³/mol. The Morgan fingerprint density at radius 2 is 2.21 bits per heavy atom. The zero-order valence-electron chi connectivity index (χ0n) is 8.63. The van der Waals surface area contributed by atoms with Gasteiger partial charge in [-0.2, -0.15) is 0 Å². The Kier molecular flexibility index (Phi) is 4.03. The van der Waals surface area contributed by atoms with E-state index in [4.69, 9.17) is 10.5 Å². The molecule has 1 aromatic carbocycles.